The summed E-state index contributed by atoms with van der Waals surface area (Å²) in [6.45, 7) is 5.75. The van der Waals surface area contributed by atoms with E-state index in [0.717, 1.165) is 19.5 Å². The van der Waals surface area contributed by atoms with Crippen molar-refractivity contribution in [2.75, 3.05) is 13.1 Å². The van der Waals surface area contributed by atoms with Gasteiger partial charge in [0.2, 0.25) is 0 Å². The van der Waals surface area contributed by atoms with Crippen LogP contribution in [0.5, 0.6) is 0 Å². The van der Waals surface area contributed by atoms with Crippen LogP contribution in [0.4, 0.5) is 0 Å². The van der Waals surface area contributed by atoms with Gasteiger partial charge in [-0.15, -0.1) is 0 Å². The SMILES string of the molecule is CC[C@H]1CNC[C@@]1(C)O. The first kappa shape index (κ1) is 7.03. The average molecular weight is 129 g/mol. The maximum atomic E-state index is 9.59. The lowest BCUT2D eigenvalue weighted by molar-refractivity contribution is 0.0348. The molecular formula is C7H15NO. The van der Waals surface area contributed by atoms with Gasteiger partial charge in [-0.2, -0.15) is 0 Å². The first-order valence-corrected chi connectivity index (χ1v) is 3.60. The highest BCUT2D eigenvalue weighted by molar-refractivity contribution is 4.90. The summed E-state index contributed by atoms with van der Waals surface area (Å²) >= 11 is 0. The standard InChI is InChI=1S/C7H15NO/c1-3-6-4-8-5-7(6,2)9/h6,8-9H,3-5H2,1-2H3/t6-,7+/m0/s1. The van der Waals surface area contributed by atoms with Crippen molar-refractivity contribution in [1.29, 1.82) is 0 Å². The Bertz CT molecular complexity index is 101. The maximum Gasteiger partial charge on any atom is 0.0783 e. The third-order valence-electron chi connectivity index (χ3n) is 2.25. The zero-order valence-corrected chi connectivity index (χ0v) is 6.15. The van der Waals surface area contributed by atoms with Gasteiger partial charge in [-0.3, -0.25) is 0 Å². The van der Waals surface area contributed by atoms with E-state index >= 15 is 0 Å². The Labute approximate surface area is 56.3 Å². The molecule has 0 aliphatic carbocycles. The van der Waals surface area contributed by atoms with Gasteiger partial charge in [-0.1, -0.05) is 6.92 Å². The normalized spacial score (nSPS) is 43.7. The molecule has 1 saturated heterocycles. The van der Waals surface area contributed by atoms with E-state index in [2.05, 4.69) is 12.2 Å². The first-order valence-electron chi connectivity index (χ1n) is 3.60. The monoisotopic (exact) mass is 129 g/mol. The van der Waals surface area contributed by atoms with Crippen molar-refractivity contribution in [1.82, 2.24) is 5.32 Å². The predicted molar refractivity (Wildman–Crippen MR) is 37.3 cm³/mol. The molecule has 0 unspecified atom stereocenters. The molecule has 1 heterocycles. The fourth-order valence-electron chi connectivity index (χ4n) is 1.45. The third kappa shape index (κ3) is 1.25. The van der Waals surface area contributed by atoms with Crippen LogP contribution in [0.15, 0.2) is 0 Å². The molecule has 0 aromatic carbocycles. The minimum absolute atomic E-state index is 0.450. The van der Waals surface area contributed by atoms with Crippen LogP contribution in [-0.4, -0.2) is 23.8 Å². The van der Waals surface area contributed by atoms with Gasteiger partial charge in [0.05, 0.1) is 5.60 Å². The Morgan fingerprint density at radius 3 is 2.67 bits per heavy atom. The number of aliphatic hydroxyl groups is 1. The second kappa shape index (κ2) is 2.27. The van der Waals surface area contributed by atoms with Crippen LogP contribution < -0.4 is 5.32 Å². The molecule has 1 aliphatic rings. The van der Waals surface area contributed by atoms with Gasteiger partial charge < -0.3 is 10.4 Å². The molecule has 0 saturated carbocycles. The largest absolute Gasteiger partial charge is 0.389 e. The van der Waals surface area contributed by atoms with E-state index in [4.69, 9.17) is 0 Å². The van der Waals surface area contributed by atoms with Crippen molar-refractivity contribution in [2.24, 2.45) is 5.92 Å². The van der Waals surface area contributed by atoms with Gasteiger partial charge in [-0.25, -0.2) is 0 Å². The lowest BCUT2D eigenvalue weighted by Crippen LogP contribution is -2.33. The molecule has 2 nitrogen and oxygen atoms in total. The quantitative estimate of drug-likeness (QED) is 0.536. The van der Waals surface area contributed by atoms with E-state index in [0.29, 0.717) is 5.92 Å². The van der Waals surface area contributed by atoms with Crippen molar-refractivity contribution in [3.05, 3.63) is 0 Å². The van der Waals surface area contributed by atoms with Crippen molar-refractivity contribution in [2.45, 2.75) is 25.9 Å². The van der Waals surface area contributed by atoms with E-state index < -0.39 is 5.60 Å². The predicted octanol–water partition coefficient (Wildman–Crippen LogP) is 0.367. The molecule has 0 amide bonds. The van der Waals surface area contributed by atoms with Gasteiger partial charge >= 0.3 is 0 Å². The molecule has 1 fully saturated rings. The maximum absolute atomic E-state index is 9.59. The van der Waals surface area contributed by atoms with Crippen LogP contribution in [0.1, 0.15) is 20.3 Å². The molecule has 9 heavy (non-hydrogen) atoms. The average Bonchev–Trinajstić information content (AvgIpc) is 2.08. The summed E-state index contributed by atoms with van der Waals surface area (Å²) < 4.78 is 0. The highest BCUT2D eigenvalue weighted by Crippen LogP contribution is 2.23. The highest BCUT2D eigenvalue weighted by atomic mass is 16.3. The smallest absolute Gasteiger partial charge is 0.0783 e. The van der Waals surface area contributed by atoms with Crippen LogP contribution in [0, 0.1) is 5.92 Å². The molecule has 0 radical (unpaired) electrons. The van der Waals surface area contributed by atoms with Crippen LogP contribution >= 0.6 is 0 Å². The van der Waals surface area contributed by atoms with Crippen molar-refractivity contribution < 1.29 is 5.11 Å². The number of nitrogens with one attached hydrogen (secondary N) is 1. The lowest BCUT2D eigenvalue weighted by Gasteiger charge is -2.22. The number of hydrogen-bond acceptors (Lipinski definition) is 2. The van der Waals surface area contributed by atoms with Gasteiger partial charge in [0.15, 0.2) is 0 Å². The van der Waals surface area contributed by atoms with Crippen molar-refractivity contribution in [3.8, 4) is 0 Å². The van der Waals surface area contributed by atoms with Gasteiger partial charge in [0.25, 0.3) is 0 Å². The van der Waals surface area contributed by atoms with Crippen molar-refractivity contribution in [3.63, 3.8) is 0 Å². The molecule has 0 bridgehead atoms. The molecule has 54 valence electrons. The Hall–Kier alpha value is -0.0800. The summed E-state index contributed by atoms with van der Waals surface area (Å²) in [5.41, 5.74) is -0.450. The zero-order valence-electron chi connectivity index (χ0n) is 6.15. The summed E-state index contributed by atoms with van der Waals surface area (Å²) in [7, 11) is 0. The molecule has 0 spiro atoms. The topological polar surface area (TPSA) is 32.3 Å². The van der Waals surface area contributed by atoms with Gasteiger partial charge in [-0.05, 0) is 13.3 Å². The summed E-state index contributed by atoms with van der Waals surface area (Å²) in [6.07, 6.45) is 1.07. The summed E-state index contributed by atoms with van der Waals surface area (Å²) in [5, 5.41) is 12.8. The highest BCUT2D eigenvalue weighted by Gasteiger charge is 2.34. The number of hydrogen-bond donors (Lipinski definition) is 2. The number of rotatable bonds is 1. The molecule has 1 rings (SSSR count). The summed E-state index contributed by atoms with van der Waals surface area (Å²) in [4.78, 5) is 0. The first-order chi connectivity index (χ1) is 4.17. The van der Waals surface area contributed by atoms with E-state index in [1.807, 2.05) is 6.92 Å². The number of β-amino-alcohol motifs (C(OH)–C–C–N with tert-alkyl or cyclic N) is 1. The Morgan fingerprint density at radius 1 is 1.78 bits per heavy atom. The van der Waals surface area contributed by atoms with E-state index in [-0.39, 0.29) is 0 Å². The minimum Gasteiger partial charge on any atom is -0.389 e. The Kier molecular flexibility index (Phi) is 1.78. The molecular weight excluding hydrogens is 114 g/mol. The second-order valence-corrected chi connectivity index (χ2v) is 3.09. The minimum atomic E-state index is -0.450. The fourth-order valence-corrected chi connectivity index (χ4v) is 1.45. The third-order valence-corrected chi connectivity index (χ3v) is 2.25. The van der Waals surface area contributed by atoms with E-state index in [1.54, 1.807) is 0 Å². The summed E-state index contributed by atoms with van der Waals surface area (Å²) in [6, 6.07) is 0. The van der Waals surface area contributed by atoms with Crippen LogP contribution in [0.25, 0.3) is 0 Å². The molecule has 2 N–H and O–H groups in total. The molecule has 1 aliphatic heterocycles. The Morgan fingerprint density at radius 2 is 2.44 bits per heavy atom. The Balaban J connectivity index is 2.52. The van der Waals surface area contributed by atoms with Crippen LogP contribution in [-0.2, 0) is 0 Å². The van der Waals surface area contributed by atoms with Crippen molar-refractivity contribution >= 4 is 0 Å². The zero-order chi connectivity index (χ0) is 6.91. The fraction of sp³-hybridized carbons (Fsp3) is 1.00. The summed E-state index contributed by atoms with van der Waals surface area (Å²) in [5.74, 6) is 0.456. The lowest BCUT2D eigenvalue weighted by atomic mass is 9.91. The molecule has 0 aromatic rings. The second-order valence-electron chi connectivity index (χ2n) is 3.09. The molecule has 2 atom stereocenters. The van der Waals surface area contributed by atoms with Gasteiger partial charge in [0, 0.05) is 19.0 Å². The molecule has 0 aromatic heterocycles. The van der Waals surface area contributed by atoms with Gasteiger partial charge in [0.1, 0.15) is 0 Å². The van der Waals surface area contributed by atoms with E-state index in [1.165, 1.54) is 0 Å². The van der Waals surface area contributed by atoms with Crippen LogP contribution in [0.2, 0.25) is 0 Å². The van der Waals surface area contributed by atoms with Crippen LogP contribution in [0.3, 0.4) is 0 Å². The molecule has 2 heteroatoms. The van der Waals surface area contributed by atoms with E-state index in [9.17, 15) is 5.11 Å².